The van der Waals surface area contributed by atoms with Crippen molar-refractivity contribution in [2.24, 2.45) is 0 Å². The molecule has 1 heterocycles. The minimum atomic E-state index is 0.193. The maximum absolute atomic E-state index is 9.00. The fraction of sp³-hybridized carbons (Fsp3) is 0.267. The molecule has 0 amide bonds. The Kier molecular flexibility index (Phi) is 3.76. The third-order valence-corrected chi connectivity index (χ3v) is 2.77. The Balaban J connectivity index is 2.43. The van der Waals surface area contributed by atoms with Crippen molar-refractivity contribution in [1.82, 2.24) is 9.97 Å². The standard InChI is InChI=1S/C15H15N3O/c1-10(2)12-5-4-11(3)8-14(12)19-15-13(9-16)17-6-7-18-15/h4-8,10H,1-3H3. The van der Waals surface area contributed by atoms with Crippen LogP contribution in [0.15, 0.2) is 30.6 Å². The molecule has 2 aromatic rings. The van der Waals surface area contributed by atoms with E-state index in [-0.39, 0.29) is 11.6 Å². The molecular weight excluding hydrogens is 238 g/mol. The molecule has 0 atom stereocenters. The lowest BCUT2D eigenvalue weighted by atomic mass is 10.0. The number of aryl methyl sites for hydroxylation is 1. The van der Waals surface area contributed by atoms with E-state index < -0.39 is 0 Å². The second-order valence-electron chi connectivity index (χ2n) is 4.62. The van der Waals surface area contributed by atoms with Crippen molar-refractivity contribution in [2.45, 2.75) is 26.7 Å². The van der Waals surface area contributed by atoms with E-state index in [1.54, 1.807) is 0 Å². The van der Waals surface area contributed by atoms with Gasteiger partial charge in [0.15, 0.2) is 0 Å². The topological polar surface area (TPSA) is 58.8 Å². The van der Waals surface area contributed by atoms with E-state index in [2.05, 4.69) is 23.8 Å². The van der Waals surface area contributed by atoms with Gasteiger partial charge in [-0.3, -0.25) is 0 Å². The van der Waals surface area contributed by atoms with Gasteiger partial charge in [-0.05, 0) is 30.0 Å². The zero-order valence-electron chi connectivity index (χ0n) is 11.2. The van der Waals surface area contributed by atoms with Gasteiger partial charge in [-0.1, -0.05) is 26.0 Å². The van der Waals surface area contributed by atoms with Crippen molar-refractivity contribution in [1.29, 1.82) is 5.26 Å². The Hall–Kier alpha value is -2.41. The SMILES string of the molecule is Cc1ccc(C(C)C)c(Oc2nccnc2C#N)c1. The minimum absolute atomic E-state index is 0.193. The minimum Gasteiger partial charge on any atom is -0.436 e. The van der Waals surface area contributed by atoms with Gasteiger partial charge in [0.05, 0.1) is 0 Å². The number of benzene rings is 1. The number of aromatic nitrogens is 2. The summed E-state index contributed by atoms with van der Waals surface area (Å²) in [5, 5.41) is 9.00. The quantitative estimate of drug-likeness (QED) is 0.839. The van der Waals surface area contributed by atoms with Crippen molar-refractivity contribution in [2.75, 3.05) is 0 Å². The van der Waals surface area contributed by atoms with Crippen molar-refractivity contribution in [3.63, 3.8) is 0 Å². The Morgan fingerprint density at radius 2 is 1.95 bits per heavy atom. The number of ether oxygens (including phenoxy) is 1. The molecule has 0 aliphatic rings. The molecule has 0 aliphatic heterocycles. The maximum Gasteiger partial charge on any atom is 0.256 e. The molecule has 1 aromatic heterocycles. The van der Waals surface area contributed by atoms with Crippen LogP contribution in [0.4, 0.5) is 0 Å². The Morgan fingerprint density at radius 1 is 1.21 bits per heavy atom. The van der Waals surface area contributed by atoms with Crippen LogP contribution in [-0.2, 0) is 0 Å². The lowest BCUT2D eigenvalue weighted by Gasteiger charge is -2.14. The first-order chi connectivity index (χ1) is 9.11. The van der Waals surface area contributed by atoms with Gasteiger partial charge in [-0.2, -0.15) is 5.26 Å². The largest absolute Gasteiger partial charge is 0.436 e. The molecule has 0 bridgehead atoms. The third-order valence-electron chi connectivity index (χ3n) is 2.77. The summed E-state index contributed by atoms with van der Waals surface area (Å²) < 4.78 is 5.78. The molecule has 0 radical (unpaired) electrons. The monoisotopic (exact) mass is 253 g/mol. The maximum atomic E-state index is 9.00. The van der Waals surface area contributed by atoms with Gasteiger partial charge < -0.3 is 4.74 Å². The molecule has 0 aliphatic carbocycles. The van der Waals surface area contributed by atoms with E-state index in [0.717, 1.165) is 16.9 Å². The van der Waals surface area contributed by atoms with Gasteiger partial charge in [-0.15, -0.1) is 0 Å². The van der Waals surface area contributed by atoms with E-state index in [9.17, 15) is 0 Å². The number of hydrogen-bond donors (Lipinski definition) is 0. The molecule has 2 rings (SSSR count). The molecule has 0 N–H and O–H groups in total. The molecule has 0 spiro atoms. The van der Waals surface area contributed by atoms with Crippen LogP contribution in [0.25, 0.3) is 0 Å². The summed E-state index contributed by atoms with van der Waals surface area (Å²) in [7, 11) is 0. The smallest absolute Gasteiger partial charge is 0.256 e. The Bertz CT molecular complexity index is 630. The summed E-state index contributed by atoms with van der Waals surface area (Å²) in [4.78, 5) is 8.01. The third kappa shape index (κ3) is 2.89. The van der Waals surface area contributed by atoms with Crippen LogP contribution >= 0.6 is 0 Å². The fourth-order valence-electron chi connectivity index (χ4n) is 1.79. The molecule has 0 unspecified atom stereocenters. The lowest BCUT2D eigenvalue weighted by molar-refractivity contribution is 0.449. The van der Waals surface area contributed by atoms with Crippen LogP contribution in [0.5, 0.6) is 11.6 Å². The van der Waals surface area contributed by atoms with Crippen LogP contribution in [0, 0.1) is 18.3 Å². The van der Waals surface area contributed by atoms with E-state index in [4.69, 9.17) is 10.00 Å². The van der Waals surface area contributed by atoms with Crippen molar-refractivity contribution in [3.05, 3.63) is 47.4 Å². The second kappa shape index (κ2) is 5.49. The van der Waals surface area contributed by atoms with Crippen molar-refractivity contribution in [3.8, 4) is 17.7 Å². The van der Waals surface area contributed by atoms with Crippen LogP contribution < -0.4 is 4.74 Å². The molecule has 19 heavy (non-hydrogen) atoms. The molecule has 1 aromatic carbocycles. The highest BCUT2D eigenvalue weighted by atomic mass is 16.5. The summed E-state index contributed by atoms with van der Waals surface area (Å²) >= 11 is 0. The van der Waals surface area contributed by atoms with E-state index in [0.29, 0.717) is 5.92 Å². The number of hydrogen-bond acceptors (Lipinski definition) is 4. The molecule has 0 saturated carbocycles. The zero-order chi connectivity index (χ0) is 13.8. The first-order valence-electron chi connectivity index (χ1n) is 6.11. The van der Waals surface area contributed by atoms with Gasteiger partial charge >= 0.3 is 0 Å². The highest BCUT2D eigenvalue weighted by Gasteiger charge is 2.12. The average molecular weight is 253 g/mol. The summed E-state index contributed by atoms with van der Waals surface area (Å²) in [6, 6.07) is 8.02. The normalized spacial score (nSPS) is 10.3. The molecule has 4 heteroatoms. The second-order valence-corrected chi connectivity index (χ2v) is 4.62. The van der Waals surface area contributed by atoms with E-state index >= 15 is 0 Å². The summed E-state index contributed by atoms with van der Waals surface area (Å²) in [6.07, 6.45) is 2.99. The molecule has 0 saturated heterocycles. The van der Waals surface area contributed by atoms with Crippen molar-refractivity contribution >= 4 is 0 Å². The van der Waals surface area contributed by atoms with Crippen LogP contribution in [0.3, 0.4) is 0 Å². The molecule has 0 fully saturated rings. The van der Waals surface area contributed by atoms with Gasteiger partial charge in [0.1, 0.15) is 11.8 Å². The lowest BCUT2D eigenvalue weighted by Crippen LogP contribution is -1.98. The molecule has 96 valence electrons. The van der Waals surface area contributed by atoms with Crippen LogP contribution in [-0.4, -0.2) is 9.97 Å². The summed E-state index contributed by atoms with van der Waals surface area (Å²) in [5.74, 6) is 1.31. The Labute approximate surface area is 112 Å². The van der Waals surface area contributed by atoms with Crippen LogP contribution in [0.2, 0.25) is 0 Å². The predicted octanol–water partition coefficient (Wildman–Crippen LogP) is 3.57. The zero-order valence-corrected chi connectivity index (χ0v) is 11.2. The summed E-state index contributed by atoms with van der Waals surface area (Å²) in [5.41, 5.74) is 2.38. The first kappa shape index (κ1) is 13.0. The van der Waals surface area contributed by atoms with Gasteiger partial charge in [0.25, 0.3) is 5.88 Å². The highest BCUT2D eigenvalue weighted by Crippen LogP contribution is 2.31. The first-order valence-corrected chi connectivity index (χ1v) is 6.11. The van der Waals surface area contributed by atoms with Gasteiger partial charge in [-0.25, -0.2) is 9.97 Å². The Morgan fingerprint density at radius 3 is 2.63 bits per heavy atom. The van der Waals surface area contributed by atoms with E-state index in [1.807, 2.05) is 31.2 Å². The molecular formula is C15H15N3O. The van der Waals surface area contributed by atoms with E-state index in [1.165, 1.54) is 12.4 Å². The predicted molar refractivity (Wildman–Crippen MR) is 72.1 cm³/mol. The van der Waals surface area contributed by atoms with Crippen molar-refractivity contribution < 1.29 is 4.74 Å². The fourth-order valence-corrected chi connectivity index (χ4v) is 1.79. The number of nitriles is 1. The van der Waals surface area contributed by atoms with Crippen LogP contribution in [0.1, 0.15) is 36.6 Å². The number of rotatable bonds is 3. The van der Waals surface area contributed by atoms with Gasteiger partial charge in [0, 0.05) is 12.4 Å². The highest BCUT2D eigenvalue weighted by molar-refractivity contribution is 5.43. The molecule has 4 nitrogen and oxygen atoms in total. The summed E-state index contributed by atoms with van der Waals surface area (Å²) in [6.45, 7) is 6.19. The van der Waals surface area contributed by atoms with Gasteiger partial charge in [0.2, 0.25) is 5.69 Å². The number of nitrogens with zero attached hydrogens (tertiary/aromatic N) is 3. The average Bonchev–Trinajstić information content (AvgIpc) is 2.39.